The first-order valence-corrected chi connectivity index (χ1v) is 4.10. The number of unbranched alkanes of at least 4 members (excludes halogenated alkanes) is 1. The molecule has 1 heterocycles. The monoisotopic (exact) mass is 184 g/mol. The van der Waals surface area contributed by atoms with Gasteiger partial charge < -0.3 is 10.2 Å². The van der Waals surface area contributed by atoms with E-state index in [9.17, 15) is 4.79 Å². The zero-order valence-electron chi connectivity index (χ0n) is 7.18. The van der Waals surface area contributed by atoms with E-state index in [2.05, 4.69) is 5.10 Å². The van der Waals surface area contributed by atoms with Gasteiger partial charge in [0.2, 0.25) is 0 Å². The van der Waals surface area contributed by atoms with Gasteiger partial charge in [0.15, 0.2) is 0 Å². The predicted octanol–water partition coefficient (Wildman–Crippen LogP) is 0.354. The molecule has 72 valence electrons. The van der Waals surface area contributed by atoms with Crippen molar-refractivity contribution in [1.29, 1.82) is 0 Å². The van der Waals surface area contributed by atoms with Gasteiger partial charge >= 0.3 is 5.97 Å². The third kappa shape index (κ3) is 2.87. The van der Waals surface area contributed by atoms with Crippen LogP contribution in [0.1, 0.15) is 23.2 Å². The summed E-state index contributed by atoms with van der Waals surface area (Å²) in [7, 11) is 0. The van der Waals surface area contributed by atoms with Crippen LogP contribution >= 0.6 is 0 Å². The molecule has 0 saturated heterocycles. The minimum atomic E-state index is -0.964. The maximum absolute atomic E-state index is 10.5. The number of nitrogens with zero attached hydrogens (tertiary/aromatic N) is 2. The van der Waals surface area contributed by atoms with Crippen LogP contribution in [-0.2, 0) is 6.54 Å². The van der Waals surface area contributed by atoms with E-state index in [0.717, 1.165) is 6.42 Å². The Morgan fingerprint density at radius 2 is 2.31 bits per heavy atom. The Bertz CT molecular complexity index is 283. The average molecular weight is 184 g/mol. The molecule has 2 N–H and O–H groups in total. The highest BCUT2D eigenvalue weighted by atomic mass is 16.4. The number of carbonyl (C=O) groups is 1. The summed E-state index contributed by atoms with van der Waals surface area (Å²) < 4.78 is 1.57. The van der Waals surface area contributed by atoms with Crippen molar-refractivity contribution in [3.63, 3.8) is 0 Å². The number of hydrogen-bond donors (Lipinski definition) is 2. The van der Waals surface area contributed by atoms with Crippen molar-refractivity contribution in [1.82, 2.24) is 9.78 Å². The van der Waals surface area contributed by atoms with Gasteiger partial charge in [0.05, 0.1) is 11.8 Å². The van der Waals surface area contributed by atoms with E-state index >= 15 is 0 Å². The minimum Gasteiger partial charge on any atom is -0.478 e. The average Bonchev–Trinajstić information content (AvgIpc) is 2.53. The molecule has 5 nitrogen and oxygen atoms in total. The van der Waals surface area contributed by atoms with E-state index in [4.69, 9.17) is 10.2 Å². The summed E-state index contributed by atoms with van der Waals surface area (Å²) in [6, 6.07) is 0. The second-order valence-electron chi connectivity index (χ2n) is 2.73. The largest absolute Gasteiger partial charge is 0.478 e. The molecule has 0 atom stereocenters. The van der Waals surface area contributed by atoms with Crippen LogP contribution < -0.4 is 0 Å². The lowest BCUT2D eigenvalue weighted by Crippen LogP contribution is -1.99. The van der Waals surface area contributed by atoms with Crippen LogP contribution in [0, 0.1) is 0 Å². The van der Waals surface area contributed by atoms with Crippen LogP contribution in [0.15, 0.2) is 12.4 Å². The number of aromatic nitrogens is 2. The number of aryl methyl sites for hydroxylation is 1. The lowest BCUT2D eigenvalue weighted by molar-refractivity contribution is 0.0696. The molecule has 13 heavy (non-hydrogen) atoms. The van der Waals surface area contributed by atoms with Crippen LogP contribution in [0.25, 0.3) is 0 Å². The van der Waals surface area contributed by atoms with Gasteiger partial charge in [-0.15, -0.1) is 0 Å². The molecule has 0 fully saturated rings. The number of hydrogen-bond acceptors (Lipinski definition) is 3. The Morgan fingerprint density at radius 3 is 2.85 bits per heavy atom. The molecule has 0 bridgehead atoms. The molecule has 0 amide bonds. The number of rotatable bonds is 5. The van der Waals surface area contributed by atoms with Crippen LogP contribution in [0.3, 0.4) is 0 Å². The summed E-state index contributed by atoms with van der Waals surface area (Å²) in [4.78, 5) is 10.5. The standard InChI is InChI=1S/C8H12N2O3/c11-4-2-1-3-10-6-7(5-9-10)8(12)13/h5-6,11H,1-4H2,(H,12,13). The van der Waals surface area contributed by atoms with Gasteiger partial charge in [-0.25, -0.2) is 4.79 Å². The van der Waals surface area contributed by atoms with Gasteiger partial charge in [-0.05, 0) is 12.8 Å². The molecule has 1 aromatic rings. The second-order valence-corrected chi connectivity index (χ2v) is 2.73. The van der Waals surface area contributed by atoms with Gasteiger partial charge in [0.1, 0.15) is 0 Å². The molecule has 0 spiro atoms. The molecule has 0 saturated carbocycles. The summed E-state index contributed by atoms with van der Waals surface area (Å²) in [5.41, 5.74) is 0.198. The number of carboxylic acid groups (broad SMARTS) is 1. The second kappa shape index (κ2) is 4.61. The Hall–Kier alpha value is -1.36. The number of aliphatic hydroxyl groups excluding tert-OH is 1. The number of carboxylic acids is 1. The van der Waals surface area contributed by atoms with Crippen molar-refractivity contribution in [2.24, 2.45) is 0 Å². The number of aliphatic hydroxyl groups is 1. The van der Waals surface area contributed by atoms with E-state index in [1.807, 2.05) is 0 Å². The highest BCUT2D eigenvalue weighted by molar-refractivity contribution is 5.86. The normalized spacial score (nSPS) is 10.2. The van der Waals surface area contributed by atoms with E-state index < -0.39 is 5.97 Å². The van der Waals surface area contributed by atoms with Gasteiger partial charge in [-0.1, -0.05) is 0 Å². The molecular weight excluding hydrogens is 172 g/mol. The molecule has 0 aromatic carbocycles. The smallest absolute Gasteiger partial charge is 0.338 e. The van der Waals surface area contributed by atoms with Crippen molar-refractivity contribution < 1.29 is 15.0 Å². The Morgan fingerprint density at radius 1 is 1.54 bits per heavy atom. The summed E-state index contributed by atoms with van der Waals surface area (Å²) in [5, 5.41) is 21.0. The fourth-order valence-corrected chi connectivity index (χ4v) is 0.982. The van der Waals surface area contributed by atoms with Crippen molar-refractivity contribution in [2.75, 3.05) is 6.61 Å². The topological polar surface area (TPSA) is 75.3 Å². The quantitative estimate of drug-likeness (QED) is 0.647. The van der Waals surface area contributed by atoms with E-state index in [1.165, 1.54) is 12.4 Å². The summed E-state index contributed by atoms with van der Waals surface area (Å²) in [6.45, 7) is 0.806. The van der Waals surface area contributed by atoms with Gasteiger partial charge in [-0.2, -0.15) is 5.10 Å². The van der Waals surface area contributed by atoms with Gasteiger partial charge in [0, 0.05) is 19.3 Å². The van der Waals surface area contributed by atoms with Crippen LogP contribution in [0.4, 0.5) is 0 Å². The zero-order chi connectivity index (χ0) is 9.68. The SMILES string of the molecule is O=C(O)c1cnn(CCCCO)c1. The van der Waals surface area contributed by atoms with E-state index in [0.29, 0.717) is 13.0 Å². The maximum Gasteiger partial charge on any atom is 0.338 e. The first-order valence-electron chi connectivity index (χ1n) is 4.10. The van der Waals surface area contributed by atoms with Crippen LogP contribution in [-0.4, -0.2) is 32.6 Å². The lowest BCUT2D eigenvalue weighted by atomic mass is 10.3. The first kappa shape index (κ1) is 9.73. The molecule has 0 aliphatic heterocycles. The molecule has 1 rings (SSSR count). The van der Waals surface area contributed by atoms with Crippen molar-refractivity contribution in [3.05, 3.63) is 18.0 Å². The zero-order valence-corrected chi connectivity index (χ0v) is 7.18. The highest BCUT2D eigenvalue weighted by Crippen LogP contribution is 1.99. The summed E-state index contributed by atoms with van der Waals surface area (Å²) >= 11 is 0. The predicted molar refractivity (Wildman–Crippen MR) is 45.5 cm³/mol. The molecule has 0 radical (unpaired) electrons. The maximum atomic E-state index is 10.5. The Labute approximate surface area is 75.6 Å². The van der Waals surface area contributed by atoms with Gasteiger partial charge in [0.25, 0.3) is 0 Å². The number of aromatic carboxylic acids is 1. The first-order chi connectivity index (χ1) is 6.24. The van der Waals surface area contributed by atoms with Crippen molar-refractivity contribution >= 4 is 5.97 Å². The fourth-order valence-electron chi connectivity index (χ4n) is 0.982. The molecule has 0 unspecified atom stereocenters. The fraction of sp³-hybridized carbons (Fsp3) is 0.500. The summed E-state index contributed by atoms with van der Waals surface area (Å²) in [5.74, 6) is -0.964. The minimum absolute atomic E-state index is 0.160. The molecular formula is C8H12N2O3. The molecule has 1 aromatic heterocycles. The lowest BCUT2D eigenvalue weighted by Gasteiger charge is -1.98. The van der Waals surface area contributed by atoms with E-state index in [1.54, 1.807) is 4.68 Å². The Kier molecular flexibility index (Phi) is 3.45. The van der Waals surface area contributed by atoms with Crippen LogP contribution in [0.2, 0.25) is 0 Å². The highest BCUT2D eigenvalue weighted by Gasteiger charge is 2.04. The third-order valence-corrected chi connectivity index (χ3v) is 1.68. The molecule has 0 aliphatic rings. The Balaban J connectivity index is 2.44. The van der Waals surface area contributed by atoms with Gasteiger partial charge in [-0.3, -0.25) is 4.68 Å². The molecule has 0 aliphatic carbocycles. The molecule has 5 heteroatoms. The third-order valence-electron chi connectivity index (χ3n) is 1.68. The summed E-state index contributed by atoms with van der Waals surface area (Å²) in [6.07, 6.45) is 4.32. The van der Waals surface area contributed by atoms with Crippen molar-refractivity contribution in [2.45, 2.75) is 19.4 Å². The van der Waals surface area contributed by atoms with Crippen molar-refractivity contribution in [3.8, 4) is 0 Å². The van der Waals surface area contributed by atoms with E-state index in [-0.39, 0.29) is 12.2 Å². The van der Waals surface area contributed by atoms with Crippen LogP contribution in [0.5, 0.6) is 0 Å².